The second kappa shape index (κ2) is 10.9. The van der Waals surface area contributed by atoms with E-state index in [1.165, 1.54) is 5.56 Å². The molecule has 1 aliphatic rings. The Morgan fingerprint density at radius 3 is 1.71 bits per heavy atom. The molecule has 34 heavy (non-hydrogen) atoms. The van der Waals surface area contributed by atoms with Crippen LogP contribution in [-0.2, 0) is 10.3 Å². The lowest BCUT2D eigenvalue weighted by molar-refractivity contribution is 0.278. The summed E-state index contributed by atoms with van der Waals surface area (Å²) in [4.78, 5) is 4.55. The van der Waals surface area contributed by atoms with E-state index in [1.54, 1.807) is 0 Å². The number of amidine groups is 1. The van der Waals surface area contributed by atoms with Gasteiger partial charge in [0.15, 0.2) is 5.54 Å². The van der Waals surface area contributed by atoms with Crippen molar-refractivity contribution < 1.29 is 4.74 Å². The first-order chi connectivity index (χ1) is 16.5. The van der Waals surface area contributed by atoms with Crippen molar-refractivity contribution in [3.63, 3.8) is 0 Å². The third kappa shape index (κ3) is 5.49. The summed E-state index contributed by atoms with van der Waals surface area (Å²) in [6.07, 6.45) is 0. The van der Waals surface area contributed by atoms with Crippen molar-refractivity contribution in [2.75, 3.05) is 6.61 Å². The lowest BCUT2D eigenvalue weighted by Gasteiger charge is -2.25. The summed E-state index contributed by atoms with van der Waals surface area (Å²) in [6, 6.07) is 36.8. The van der Waals surface area contributed by atoms with Gasteiger partial charge in [0, 0.05) is 8.95 Å². The van der Waals surface area contributed by atoms with Crippen molar-refractivity contribution in [1.82, 2.24) is 0 Å². The molecule has 0 fully saturated rings. The lowest BCUT2D eigenvalue weighted by Crippen LogP contribution is -2.26. The fourth-order valence-corrected chi connectivity index (χ4v) is 4.32. The molecule has 0 saturated heterocycles. The highest BCUT2D eigenvalue weighted by atomic mass is 79.9. The Labute approximate surface area is 217 Å². The van der Waals surface area contributed by atoms with Crippen LogP contribution >= 0.6 is 31.9 Å². The van der Waals surface area contributed by atoms with E-state index in [1.807, 2.05) is 84.9 Å². The molecule has 0 saturated carbocycles. The van der Waals surface area contributed by atoms with Gasteiger partial charge in [-0.15, -0.1) is 0 Å². The Morgan fingerprint density at radius 2 is 1.18 bits per heavy atom. The summed E-state index contributed by atoms with van der Waals surface area (Å²) in [5, 5.41) is 0. The van der Waals surface area contributed by atoms with Crippen LogP contribution in [0.2, 0.25) is 0 Å². The van der Waals surface area contributed by atoms with E-state index >= 15 is 0 Å². The number of halogens is 2. The van der Waals surface area contributed by atoms with Crippen LogP contribution in [0.25, 0.3) is 5.57 Å². The van der Waals surface area contributed by atoms with Crippen LogP contribution in [0.5, 0.6) is 0 Å². The minimum absolute atomic E-state index is 0.242. The fraction of sp³-hybridized carbons (Fsp3) is 0.0690. The van der Waals surface area contributed by atoms with Crippen LogP contribution in [0.15, 0.2) is 130 Å². The first-order valence-electron chi connectivity index (χ1n) is 10.8. The molecule has 3 nitrogen and oxygen atoms in total. The van der Waals surface area contributed by atoms with Gasteiger partial charge in [-0.25, -0.2) is 4.99 Å². The summed E-state index contributed by atoms with van der Waals surface area (Å²) in [6.45, 7) is 4.54. The van der Waals surface area contributed by atoms with Gasteiger partial charge >= 0.3 is 0 Å². The lowest BCUT2D eigenvalue weighted by atomic mass is 9.84. The van der Waals surface area contributed by atoms with Gasteiger partial charge in [-0.3, -0.25) is 0 Å². The van der Waals surface area contributed by atoms with Crippen molar-refractivity contribution in [1.29, 1.82) is 0 Å². The molecular formula is C29H24Br2N2O. The third-order valence-corrected chi connectivity index (χ3v) is 6.68. The highest BCUT2D eigenvalue weighted by molar-refractivity contribution is 9.10. The van der Waals surface area contributed by atoms with E-state index in [0.717, 1.165) is 31.2 Å². The van der Waals surface area contributed by atoms with E-state index in [2.05, 4.69) is 67.7 Å². The number of nitrogens with zero attached hydrogens (tertiary/aromatic N) is 1. The molecule has 0 radical (unpaired) electrons. The zero-order valence-corrected chi connectivity index (χ0v) is 21.7. The molecule has 1 heterocycles. The molecular weight excluding hydrogens is 552 g/mol. The topological polar surface area (TPSA) is 47.6 Å². The molecule has 5 heteroatoms. The second-order valence-corrected chi connectivity index (χ2v) is 9.65. The quantitative estimate of drug-likeness (QED) is 0.273. The molecule has 1 unspecified atom stereocenters. The predicted molar refractivity (Wildman–Crippen MR) is 148 cm³/mol. The molecule has 5 rings (SSSR count). The molecule has 0 spiro atoms. The summed E-state index contributed by atoms with van der Waals surface area (Å²) >= 11 is 6.87. The van der Waals surface area contributed by atoms with Crippen LogP contribution in [0.3, 0.4) is 0 Å². The molecule has 4 aromatic carbocycles. The zero-order chi connectivity index (χ0) is 24.0. The molecule has 2 N–H and O–H groups in total. The van der Waals surface area contributed by atoms with Crippen molar-refractivity contribution in [3.8, 4) is 0 Å². The largest absolute Gasteiger partial charge is 0.462 e. The second-order valence-electron chi connectivity index (χ2n) is 7.82. The number of ether oxygens (including phenoxy) is 1. The molecule has 170 valence electrons. The van der Waals surface area contributed by atoms with Crippen molar-refractivity contribution in [2.24, 2.45) is 10.7 Å². The highest BCUT2D eigenvalue weighted by Crippen LogP contribution is 2.37. The third-order valence-electron chi connectivity index (χ3n) is 5.62. The van der Waals surface area contributed by atoms with Crippen LogP contribution in [0, 0.1) is 0 Å². The SMILES string of the molecule is C=C(c1ccccc1)c1ccc(Br)cc1.NC1=NC(c2ccccc2)(c2ccc(Br)cc2)CO1. The van der Waals surface area contributed by atoms with Gasteiger partial charge in [-0.2, -0.15) is 0 Å². The monoisotopic (exact) mass is 574 g/mol. The van der Waals surface area contributed by atoms with Crippen LogP contribution in [0.1, 0.15) is 22.3 Å². The molecule has 0 aromatic heterocycles. The van der Waals surface area contributed by atoms with Gasteiger partial charge < -0.3 is 10.5 Å². The molecule has 1 atom stereocenters. The Balaban J connectivity index is 0.000000166. The molecule has 4 aromatic rings. The predicted octanol–water partition coefficient (Wildman–Crippen LogP) is 7.55. The minimum Gasteiger partial charge on any atom is -0.462 e. The maximum absolute atomic E-state index is 5.73. The Bertz CT molecular complexity index is 1270. The summed E-state index contributed by atoms with van der Waals surface area (Å²) in [5.41, 5.74) is 10.7. The zero-order valence-electron chi connectivity index (χ0n) is 18.5. The molecule has 0 aliphatic carbocycles. The average molecular weight is 576 g/mol. The number of benzene rings is 4. The smallest absolute Gasteiger partial charge is 0.283 e. The Hall–Kier alpha value is -3.15. The van der Waals surface area contributed by atoms with E-state index < -0.39 is 5.54 Å². The minimum atomic E-state index is -0.536. The summed E-state index contributed by atoms with van der Waals surface area (Å²) in [5.74, 6) is 0. The first-order valence-corrected chi connectivity index (χ1v) is 12.4. The number of rotatable bonds is 4. The van der Waals surface area contributed by atoms with Gasteiger partial charge in [0.2, 0.25) is 0 Å². The summed E-state index contributed by atoms with van der Waals surface area (Å²) in [7, 11) is 0. The molecule has 0 amide bonds. The average Bonchev–Trinajstić information content (AvgIpc) is 3.29. The number of nitrogens with two attached hydrogens (primary N) is 1. The van der Waals surface area contributed by atoms with E-state index in [-0.39, 0.29) is 6.02 Å². The van der Waals surface area contributed by atoms with Crippen molar-refractivity contribution in [2.45, 2.75) is 5.54 Å². The Morgan fingerprint density at radius 1 is 0.706 bits per heavy atom. The molecule has 1 aliphatic heterocycles. The van der Waals surface area contributed by atoms with E-state index in [4.69, 9.17) is 10.5 Å². The van der Waals surface area contributed by atoms with Gasteiger partial charge in [0.1, 0.15) is 6.61 Å². The standard InChI is InChI=1S/C15H13BrN2O.C14H11Br/c16-13-8-6-12(7-9-13)15(10-19-14(17)18-15)11-4-2-1-3-5-11;1-11(12-5-3-2-4-6-12)13-7-9-14(15)10-8-13/h1-9H,10H2,(H2,17,18);2-10H,1H2. The van der Waals surface area contributed by atoms with Gasteiger partial charge in [-0.05, 0) is 52.1 Å². The normalized spacial score (nSPS) is 16.6. The number of hydrogen-bond acceptors (Lipinski definition) is 3. The maximum Gasteiger partial charge on any atom is 0.283 e. The number of hydrogen-bond donors (Lipinski definition) is 1. The van der Waals surface area contributed by atoms with Gasteiger partial charge in [0.05, 0.1) is 0 Å². The highest BCUT2D eigenvalue weighted by Gasteiger charge is 2.39. The molecule has 0 bridgehead atoms. The van der Waals surface area contributed by atoms with Crippen LogP contribution in [0.4, 0.5) is 0 Å². The van der Waals surface area contributed by atoms with Crippen LogP contribution < -0.4 is 5.73 Å². The van der Waals surface area contributed by atoms with Crippen molar-refractivity contribution in [3.05, 3.63) is 147 Å². The van der Waals surface area contributed by atoms with Gasteiger partial charge in [0.25, 0.3) is 6.02 Å². The van der Waals surface area contributed by atoms with Crippen molar-refractivity contribution >= 4 is 43.5 Å². The summed E-state index contributed by atoms with van der Waals surface area (Å²) < 4.78 is 7.55. The van der Waals surface area contributed by atoms with E-state index in [0.29, 0.717) is 6.61 Å². The fourth-order valence-electron chi connectivity index (χ4n) is 3.79. The first kappa shape index (κ1) is 24.0. The van der Waals surface area contributed by atoms with Crippen LogP contribution in [-0.4, -0.2) is 12.6 Å². The number of aliphatic imine (C=N–C) groups is 1. The maximum atomic E-state index is 5.73. The Kier molecular flexibility index (Phi) is 7.66. The van der Waals surface area contributed by atoms with Gasteiger partial charge in [-0.1, -0.05) is 123 Å². The van der Waals surface area contributed by atoms with E-state index in [9.17, 15) is 0 Å².